The molecule has 0 aliphatic carbocycles. The first kappa shape index (κ1) is 16.0. The normalized spacial score (nSPS) is 18.2. The van der Waals surface area contributed by atoms with Crippen molar-refractivity contribution in [2.75, 3.05) is 49.6 Å². The van der Waals surface area contributed by atoms with E-state index in [2.05, 4.69) is 28.2 Å². The van der Waals surface area contributed by atoms with Crippen LogP contribution in [0.3, 0.4) is 0 Å². The Morgan fingerprint density at radius 2 is 1.95 bits per heavy atom. The molecule has 2 N–H and O–H groups in total. The Hall–Kier alpha value is -0.420. The van der Waals surface area contributed by atoms with Gasteiger partial charge in [0.25, 0.3) is 0 Å². The van der Waals surface area contributed by atoms with Crippen LogP contribution >= 0.6 is 23.4 Å². The third-order valence-corrected chi connectivity index (χ3v) is 4.91. The molecule has 0 bridgehead atoms. The van der Waals surface area contributed by atoms with Crippen LogP contribution in [0.15, 0.2) is 24.3 Å². The lowest BCUT2D eigenvalue weighted by Gasteiger charge is -2.40. The number of anilines is 1. The summed E-state index contributed by atoms with van der Waals surface area (Å²) >= 11 is 8.17. The Balaban J connectivity index is 1.90. The van der Waals surface area contributed by atoms with Gasteiger partial charge in [-0.2, -0.15) is 11.8 Å². The van der Waals surface area contributed by atoms with Gasteiger partial charge in [-0.15, -0.1) is 0 Å². The number of thioether (sulfide) groups is 1. The van der Waals surface area contributed by atoms with E-state index in [1.165, 1.54) is 12.2 Å². The van der Waals surface area contributed by atoms with Gasteiger partial charge < -0.3 is 10.6 Å². The van der Waals surface area contributed by atoms with Crippen LogP contribution in [0.1, 0.15) is 6.42 Å². The third-order valence-electron chi connectivity index (χ3n) is 3.95. The maximum Gasteiger partial charge on any atom is 0.0639 e. The molecule has 1 aliphatic heterocycles. The number of hydrogen-bond acceptors (Lipinski definition) is 4. The molecule has 2 rings (SSSR count). The highest BCUT2D eigenvalue weighted by atomic mass is 35.5. The van der Waals surface area contributed by atoms with E-state index in [1.807, 2.05) is 23.9 Å². The molecule has 0 saturated carbocycles. The third kappa shape index (κ3) is 4.04. The van der Waals surface area contributed by atoms with Gasteiger partial charge in [-0.25, -0.2) is 0 Å². The van der Waals surface area contributed by atoms with Gasteiger partial charge in [0.2, 0.25) is 0 Å². The Kier molecular flexibility index (Phi) is 6.49. The molecule has 1 aromatic carbocycles. The van der Waals surface area contributed by atoms with Crippen molar-refractivity contribution < 1.29 is 0 Å². The molecule has 1 fully saturated rings. The topological polar surface area (TPSA) is 32.5 Å². The summed E-state index contributed by atoms with van der Waals surface area (Å²) in [7, 11) is 0. The number of halogens is 1. The van der Waals surface area contributed by atoms with E-state index in [-0.39, 0.29) is 0 Å². The molecular weight excluding hydrogens is 290 g/mol. The Morgan fingerprint density at radius 3 is 2.55 bits per heavy atom. The monoisotopic (exact) mass is 313 g/mol. The van der Waals surface area contributed by atoms with Gasteiger partial charge in [-0.1, -0.05) is 23.7 Å². The van der Waals surface area contributed by atoms with Crippen molar-refractivity contribution in [2.24, 2.45) is 5.73 Å². The smallest absolute Gasteiger partial charge is 0.0639 e. The summed E-state index contributed by atoms with van der Waals surface area (Å²) in [6, 6.07) is 8.62. The van der Waals surface area contributed by atoms with Gasteiger partial charge in [0.1, 0.15) is 0 Å². The Labute approximate surface area is 131 Å². The number of benzene rings is 1. The molecule has 1 heterocycles. The number of nitrogens with two attached hydrogens (primary N) is 1. The van der Waals surface area contributed by atoms with Gasteiger partial charge in [-0.3, -0.25) is 4.90 Å². The number of nitrogens with zero attached hydrogens (tertiary/aromatic N) is 2. The molecule has 1 aromatic rings. The first-order valence-corrected chi connectivity index (χ1v) is 8.96. The SMILES string of the molecule is CSCCC(CN)N1CCN(c2ccccc2Cl)CC1. The number of para-hydroxylation sites is 1. The van der Waals surface area contributed by atoms with Crippen molar-refractivity contribution in [3.05, 3.63) is 29.3 Å². The standard InChI is InChI=1S/C15H24ClN3S/c1-20-11-6-13(12-17)18-7-9-19(10-8-18)15-5-3-2-4-14(15)16/h2-5,13H,6-12,17H2,1H3. The highest BCUT2D eigenvalue weighted by Crippen LogP contribution is 2.26. The van der Waals surface area contributed by atoms with Gasteiger partial charge >= 0.3 is 0 Å². The first-order valence-electron chi connectivity index (χ1n) is 7.18. The fourth-order valence-electron chi connectivity index (χ4n) is 2.74. The predicted octanol–water partition coefficient (Wildman–Crippen LogP) is 2.54. The van der Waals surface area contributed by atoms with Crippen LogP contribution in [0, 0.1) is 0 Å². The molecule has 1 aliphatic rings. The molecule has 0 radical (unpaired) electrons. The van der Waals surface area contributed by atoms with E-state index in [0.717, 1.165) is 43.4 Å². The summed E-state index contributed by atoms with van der Waals surface area (Å²) in [6.07, 6.45) is 3.34. The maximum atomic E-state index is 6.27. The van der Waals surface area contributed by atoms with Gasteiger partial charge in [-0.05, 0) is 30.6 Å². The molecule has 112 valence electrons. The van der Waals surface area contributed by atoms with Crippen LogP contribution < -0.4 is 10.6 Å². The molecule has 1 unspecified atom stereocenters. The number of piperazine rings is 1. The van der Waals surface area contributed by atoms with E-state index >= 15 is 0 Å². The molecule has 5 heteroatoms. The summed E-state index contributed by atoms with van der Waals surface area (Å²) < 4.78 is 0. The zero-order valence-corrected chi connectivity index (χ0v) is 13.7. The molecule has 0 aromatic heterocycles. The summed E-state index contributed by atoms with van der Waals surface area (Å²) in [5.74, 6) is 1.19. The van der Waals surface area contributed by atoms with Crippen LogP contribution in [0.25, 0.3) is 0 Å². The van der Waals surface area contributed by atoms with Gasteiger partial charge in [0.05, 0.1) is 10.7 Å². The van der Waals surface area contributed by atoms with Crippen molar-refractivity contribution in [3.63, 3.8) is 0 Å². The summed E-state index contributed by atoms with van der Waals surface area (Å²) in [6.45, 7) is 4.95. The second kappa shape index (κ2) is 8.13. The first-order chi connectivity index (χ1) is 9.76. The van der Waals surface area contributed by atoms with Crippen LogP contribution in [0.4, 0.5) is 5.69 Å². The minimum absolute atomic E-state index is 0.524. The second-order valence-corrected chi connectivity index (χ2v) is 6.54. The Morgan fingerprint density at radius 1 is 1.25 bits per heavy atom. The zero-order chi connectivity index (χ0) is 14.4. The minimum Gasteiger partial charge on any atom is -0.368 e. The van der Waals surface area contributed by atoms with E-state index in [4.69, 9.17) is 17.3 Å². The van der Waals surface area contributed by atoms with E-state index in [1.54, 1.807) is 0 Å². The van der Waals surface area contributed by atoms with E-state index < -0.39 is 0 Å². The molecular formula is C15H24ClN3S. The molecule has 3 nitrogen and oxygen atoms in total. The van der Waals surface area contributed by atoms with Crippen molar-refractivity contribution in [3.8, 4) is 0 Å². The molecule has 1 saturated heterocycles. The fraction of sp³-hybridized carbons (Fsp3) is 0.600. The van der Waals surface area contributed by atoms with Gasteiger partial charge in [0, 0.05) is 38.8 Å². The predicted molar refractivity (Wildman–Crippen MR) is 91.1 cm³/mol. The highest BCUT2D eigenvalue weighted by Gasteiger charge is 2.23. The lowest BCUT2D eigenvalue weighted by Crippen LogP contribution is -2.52. The number of rotatable bonds is 6. The van der Waals surface area contributed by atoms with Gasteiger partial charge in [0.15, 0.2) is 0 Å². The minimum atomic E-state index is 0.524. The second-order valence-electron chi connectivity index (χ2n) is 5.15. The molecule has 1 atom stereocenters. The summed E-state index contributed by atoms with van der Waals surface area (Å²) in [5.41, 5.74) is 7.08. The van der Waals surface area contributed by atoms with E-state index in [0.29, 0.717) is 6.04 Å². The van der Waals surface area contributed by atoms with Crippen molar-refractivity contribution >= 4 is 29.1 Å². The molecule has 0 spiro atoms. The van der Waals surface area contributed by atoms with Crippen LogP contribution in [-0.4, -0.2) is 55.7 Å². The Bertz CT molecular complexity index is 408. The van der Waals surface area contributed by atoms with Crippen molar-refractivity contribution in [1.29, 1.82) is 0 Å². The van der Waals surface area contributed by atoms with Crippen LogP contribution in [-0.2, 0) is 0 Å². The molecule has 0 amide bonds. The lowest BCUT2D eigenvalue weighted by molar-refractivity contribution is 0.185. The quantitative estimate of drug-likeness (QED) is 0.875. The number of hydrogen-bond donors (Lipinski definition) is 1. The fourth-order valence-corrected chi connectivity index (χ4v) is 3.50. The summed E-state index contributed by atoms with van der Waals surface area (Å²) in [4.78, 5) is 4.91. The van der Waals surface area contributed by atoms with Crippen molar-refractivity contribution in [1.82, 2.24) is 4.90 Å². The highest BCUT2D eigenvalue weighted by molar-refractivity contribution is 7.98. The van der Waals surface area contributed by atoms with E-state index in [9.17, 15) is 0 Å². The zero-order valence-electron chi connectivity index (χ0n) is 12.1. The largest absolute Gasteiger partial charge is 0.368 e. The summed E-state index contributed by atoms with van der Waals surface area (Å²) in [5, 5.41) is 0.846. The van der Waals surface area contributed by atoms with Crippen LogP contribution in [0.5, 0.6) is 0 Å². The average Bonchev–Trinajstić information content (AvgIpc) is 2.49. The maximum absolute atomic E-state index is 6.27. The lowest BCUT2D eigenvalue weighted by atomic mass is 10.1. The van der Waals surface area contributed by atoms with Crippen LogP contribution in [0.2, 0.25) is 5.02 Å². The van der Waals surface area contributed by atoms with Crippen molar-refractivity contribution in [2.45, 2.75) is 12.5 Å². The average molecular weight is 314 g/mol. The molecule has 20 heavy (non-hydrogen) atoms.